The van der Waals surface area contributed by atoms with Gasteiger partial charge in [-0.1, -0.05) is 6.92 Å². The van der Waals surface area contributed by atoms with Crippen molar-refractivity contribution in [3.05, 3.63) is 11.9 Å². The Bertz CT molecular complexity index is 369. The van der Waals surface area contributed by atoms with E-state index in [9.17, 15) is 0 Å². The van der Waals surface area contributed by atoms with E-state index in [2.05, 4.69) is 16.0 Å². The summed E-state index contributed by atoms with van der Waals surface area (Å²) in [5.74, 6) is 1.98. The van der Waals surface area contributed by atoms with E-state index in [0.29, 0.717) is 18.8 Å². The third-order valence-corrected chi connectivity index (χ3v) is 2.05. The molecule has 5 heteroatoms. The molecule has 1 rings (SSSR count). The predicted molar refractivity (Wildman–Crippen MR) is 59.3 cm³/mol. The van der Waals surface area contributed by atoms with Crippen molar-refractivity contribution >= 4 is 11.6 Å². The van der Waals surface area contributed by atoms with Crippen molar-refractivity contribution in [2.24, 2.45) is 0 Å². The summed E-state index contributed by atoms with van der Waals surface area (Å²) < 4.78 is 0. The lowest BCUT2D eigenvalue weighted by Gasteiger charge is -2.17. The van der Waals surface area contributed by atoms with Crippen LogP contribution in [0.1, 0.15) is 19.2 Å². The molecule has 0 amide bonds. The minimum Gasteiger partial charge on any atom is -0.384 e. The van der Waals surface area contributed by atoms with Gasteiger partial charge in [0.05, 0.1) is 12.5 Å². The second kappa shape index (κ2) is 5.15. The molecule has 0 saturated carbocycles. The highest BCUT2D eigenvalue weighted by atomic mass is 15.2. The fourth-order valence-corrected chi connectivity index (χ4v) is 1.19. The summed E-state index contributed by atoms with van der Waals surface area (Å²) in [5, 5.41) is 8.48. The van der Waals surface area contributed by atoms with Crippen molar-refractivity contribution in [3.8, 4) is 6.07 Å². The van der Waals surface area contributed by atoms with Gasteiger partial charge in [-0.05, 0) is 0 Å². The summed E-state index contributed by atoms with van der Waals surface area (Å²) in [4.78, 5) is 10.3. The lowest BCUT2D eigenvalue weighted by atomic mass is 10.4. The maximum atomic E-state index is 8.48. The lowest BCUT2D eigenvalue weighted by Crippen LogP contribution is -2.20. The average Bonchev–Trinajstić information content (AvgIpc) is 2.24. The van der Waals surface area contributed by atoms with Crippen LogP contribution in [0.2, 0.25) is 0 Å². The van der Waals surface area contributed by atoms with Crippen LogP contribution in [0, 0.1) is 11.3 Å². The minimum absolute atomic E-state index is 0.473. The van der Waals surface area contributed by atoms with Crippen LogP contribution in [0.5, 0.6) is 0 Å². The SMILES string of the molecule is CCc1nc(N)cc(N(C)CCC#N)n1. The molecule has 0 spiro atoms. The molecule has 1 heterocycles. The van der Waals surface area contributed by atoms with Crippen LogP contribution in [0.25, 0.3) is 0 Å². The Morgan fingerprint density at radius 3 is 2.87 bits per heavy atom. The van der Waals surface area contributed by atoms with Crippen molar-refractivity contribution in [1.29, 1.82) is 5.26 Å². The molecular formula is C10H15N5. The standard InChI is InChI=1S/C10H15N5/c1-3-9-13-8(12)7-10(14-9)15(2)6-4-5-11/h7H,3-4,6H2,1-2H3,(H2,12,13,14). The summed E-state index contributed by atoms with van der Waals surface area (Å²) in [6, 6.07) is 3.81. The Morgan fingerprint density at radius 1 is 1.53 bits per heavy atom. The molecule has 5 nitrogen and oxygen atoms in total. The molecule has 0 saturated heterocycles. The predicted octanol–water partition coefficient (Wildman–Crippen LogP) is 0.971. The zero-order chi connectivity index (χ0) is 11.3. The average molecular weight is 205 g/mol. The molecule has 15 heavy (non-hydrogen) atoms. The van der Waals surface area contributed by atoms with Gasteiger partial charge in [-0.2, -0.15) is 5.26 Å². The summed E-state index contributed by atoms with van der Waals surface area (Å²) in [5.41, 5.74) is 5.66. The van der Waals surface area contributed by atoms with E-state index in [0.717, 1.165) is 18.1 Å². The quantitative estimate of drug-likeness (QED) is 0.792. The second-order valence-corrected chi connectivity index (χ2v) is 3.25. The molecule has 1 aromatic heterocycles. The van der Waals surface area contributed by atoms with E-state index in [1.807, 2.05) is 18.9 Å². The van der Waals surface area contributed by atoms with E-state index >= 15 is 0 Å². The van der Waals surface area contributed by atoms with Crippen LogP contribution in [-0.2, 0) is 6.42 Å². The van der Waals surface area contributed by atoms with E-state index in [1.54, 1.807) is 6.07 Å². The third-order valence-electron chi connectivity index (χ3n) is 2.05. The lowest BCUT2D eigenvalue weighted by molar-refractivity contribution is 0.855. The van der Waals surface area contributed by atoms with Gasteiger partial charge in [-0.3, -0.25) is 0 Å². The molecule has 0 aromatic carbocycles. The summed E-state index contributed by atoms with van der Waals surface area (Å²) >= 11 is 0. The van der Waals surface area contributed by atoms with Gasteiger partial charge >= 0.3 is 0 Å². The first kappa shape index (κ1) is 11.2. The van der Waals surface area contributed by atoms with Crippen molar-refractivity contribution in [3.63, 3.8) is 0 Å². The fourth-order valence-electron chi connectivity index (χ4n) is 1.19. The van der Waals surface area contributed by atoms with Crippen molar-refractivity contribution in [2.45, 2.75) is 19.8 Å². The Morgan fingerprint density at radius 2 is 2.27 bits per heavy atom. The van der Waals surface area contributed by atoms with Crippen LogP contribution in [0.4, 0.5) is 11.6 Å². The number of aromatic nitrogens is 2. The molecule has 0 aliphatic carbocycles. The number of nitrogens with two attached hydrogens (primary N) is 1. The van der Waals surface area contributed by atoms with Gasteiger partial charge in [-0.25, -0.2) is 9.97 Å². The fraction of sp³-hybridized carbons (Fsp3) is 0.500. The van der Waals surface area contributed by atoms with E-state index in [4.69, 9.17) is 11.0 Å². The van der Waals surface area contributed by atoms with Crippen LogP contribution in [0.15, 0.2) is 6.07 Å². The molecule has 80 valence electrons. The van der Waals surface area contributed by atoms with Crippen molar-refractivity contribution < 1.29 is 0 Å². The number of anilines is 2. The summed E-state index contributed by atoms with van der Waals surface area (Å²) in [7, 11) is 1.89. The maximum absolute atomic E-state index is 8.48. The first-order chi connectivity index (χ1) is 7.17. The van der Waals surface area contributed by atoms with Gasteiger partial charge in [0.2, 0.25) is 0 Å². The number of hydrogen-bond donors (Lipinski definition) is 1. The molecule has 0 aliphatic rings. The first-order valence-corrected chi connectivity index (χ1v) is 4.89. The molecule has 0 atom stereocenters. The maximum Gasteiger partial charge on any atom is 0.134 e. The van der Waals surface area contributed by atoms with E-state index in [-0.39, 0.29) is 0 Å². The number of rotatable bonds is 4. The largest absolute Gasteiger partial charge is 0.384 e. The number of nitrogen functional groups attached to an aromatic ring is 1. The van der Waals surface area contributed by atoms with Gasteiger partial charge in [0.25, 0.3) is 0 Å². The molecule has 0 aliphatic heterocycles. The molecule has 0 unspecified atom stereocenters. The molecule has 0 fully saturated rings. The molecule has 0 radical (unpaired) electrons. The van der Waals surface area contributed by atoms with Crippen LogP contribution in [0.3, 0.4) is 0 Å². The van der Waals surface area contributed by atoms with Gasteiger partial charge in [0.15, 0.2) is 0 Å². The highest BCUT2D eigenvalue weighted by Gasteiger charge is 2.05. The number of nitrogens with zero attached hydrogens (tertiary/aromatic N) is 4. The van der Waals surface area contributed by atoms with E-state index in [1.165, 1.54) is 0 Å². The van der Waals surface area contributed by atoms with E-state index < -0.39 is 0 Å². The Labute approximate surface area is 89.6 Å². The van der Waals surface area contributed by atoms with Gasteiger partial charge < -0.3 is 10.6 Å². The Hall–Kier alpha value is -1.83. The highest BCUT2D eigenvalue weighted by Crippen LogP contribution is 2.12. The monoisotopic (exact) mass is 205 g/mol. The minimum atomic E-state index is 0.473. The highest BCUT2D eigenvalue weighted by molar-refractivity contribution is 5.46. The number of nitriles is 1. The second-order valence-electron chi connectivity index (χ2n) is 3.25. The molecule has 0 bridgehead atoms. The topological polar surface area (TPSA) is 78.8 Å². The van der Waals surface area contributed by atoms with Gasteiger partial charge in [0.1, 0.15) is 17.5 Å². The molecular weight excluding hydrogens is 190 g/mol. The number of aryl methyl sites for hydroxylation is 1. The summed E-state index contributed by atoms with van der Waals surface area (Å²) in [6.45, 7) is 2.63. The zero-order valence-electron chi connectivity index (χ0n) is 9.06. The Kier molecular flexibility index (Phi) is 3.86. The first-order valence-electron chi connectivity index (χ1n) is 4.89. The van der Waals surface area contributed by atoms with Crippen LogP contribution < -0.4 is 10.6 Å². The third kappa shape index (κ3) is 3.09. The van der Waals surface area contributed by atoms with Crippen LogP contribution in [-0.4, -0.2) is 23.6 Å². The molecule has 2 N–H and O–H groups in total. The Balaban J connectivity index is 2.84. The van der Waals surface area contributed by atoms with Crippen molar-refractivity contribution in [2.75, 3.05) is 24.2 Å². The van der Waals surface area contributed by atoms with Gasteiger partial charge in [-0.15, -0.1) is 0 Å². The molecule has 1 aromatic rings. The van der Waals surface area contributed by atoms with Crippen molar-refractivity contribution in [1.82, 2.24) is 9.97 Å². The smallest absolute Gasteiger partial charge is 0.134 e. The summed E-state index contributed by atoms with van der Waals surface area (Å²) in [6.07, 6.45) is 1.23. The number of hydrogen-bond acceptors (Lipinski definition) is 5. The van der Waals surface area contributed by atoms with Gasteiger partial charge in [0, 0.05) is 26.1 Å². The van der Waals surface area contributed by atoms with Crippen LogP contribution >= 0.6 is 0 Å². The zero-order valence-corrected chi connectivity index (χ0v) is 9.06. The normalized spacial score (nSPS) is 9.67.